The number of esters is 1. The van der Waals surface area contributed by atoms with Crippen molar-refractivity contribution in [3.8, 4) is 0 Å². The number of methoxy groups -OCH3 is 1. The van der Waals surface area contributed by atoms with Gasteiger partial charge >= 0.3 is 5.97 Å². The van der Waals surface area contributed by atoms with Crippen molar-refractivity contribution in [1.29, 1.82) is 0 Å². The van der Waals surface area contributed by atoms with Crippen LogP contribution in [0.5, 0.6) is 0 Å². The molecule has 1 amide bonds. The van der Waals surface area contributed by atoms with Gasteiger partial charge in [0.1, 0.15) is 0 Å². The van der Waals surface area contributed by atoms with Crippen LogP contribution in [0.25, 0.3) is 0 Å². The number of H-pyrrole nitrogens is 1. The molecule has 1 saturated carbocycles. The fourth-order valence-electron chi connectivity index (χ4n) is 3.37. The lowest BCUT2D eigenvalue weighted by molar-refractivity contribution is -0.121. The van der Waals surface area contributed by atoms with Crippen LogP contribution in [-0.2, 0) is 21.5 Å². The van der Waals surface area contributed by atoms with E-state index in [4.69, 9.17) is 4.74 Å². The number of amides is 1. The molecule has 1 aliphatic carbocycles. The van der Waals surface area contributed by atoms with Crippen LogP contribution in [0.3, 0.4) is 0 Å². The fourth-order valence-corrected chi connectivity index (χ4v) is 3.64. The normalized spacial score (nSPS) is 14.5. The van der Waals surface area contributed by atoms with E-state index < -0.39 is 5.97 Å². The minimum atomic E-state index is -0.562. The van der Waals surface area contributed by atoms with Gasteiger partial charge in [0.25, 0.3) is 0 Å². The average Bonchev–Trinajstić information content (AvgIpc) is 3.32. The molecule has 6 nitrogen and oxygen atoms in total. The van der Waals surface area contributed by atoms with Crippen LogP contribution in [0, 0.1) is 6.92 Å². The Kier molecular flexibility index (Phi) is 5.24. The molecule has 2 N–H and O–H groups in total. The van der Waals surface area contributed by atoms with Gasteiger partial charge in [0, 0.05) is 17.1 Å². The van der Waals surface area contributed by atoms with E-state index in [9.17, 15) is 14.4 Å². The van der Waals surface area contributed by atoms with Gasteiger partial charge in [-0.05, 0) is 43.0 Å². The topological polar surface area (TPSA) is 88.3 Å². The highest BCUT2D eigenvalue weighted by molar-refractivity contribution is 9.10. The molecule has 27 heavy (non-hydrogen) atoms. The van der Waals surface area contributed by atoms with Gasteiger partial charge in [-0.25, -0.2) is 4.79 Å². The van der Waals surface area contributed by atoms with E-state index in [1.807, 2.05) is 24.3 Å². The molecule has 0 unspecified atom stereocenters. The average molecular weight is 433 g/mol. The summed E-state index contributed by atoms with van der Waals surface area (Å²) in [7, 11) is 1.28. The minimum absolute atomic E-state index is 0.0309. The summed E-state index contributed by atoms with van der Waals surface area (Å²) in [5.41, 5.74) is 2.19. The van der Waals surface area contributed by atoms with E-state index in [0.717, 1.165) is 22.9 Å². The molecule has 0 bridgehead atoms. The van der Waals surface area contributed by atoms with Crippen LogP contribution in [0.4, 0.5) is 0 Å². The molecule has 1 aliphatic rings. The Bertz CT molecular complexity index is 911. The zero-order valence-electron chi connectivity index (χ0n) is 15.4. The minimum Gasteiger partial charge on any atom is -0.465 e. The fraction of sp³-hybridized carbons (Fsp3) is 0.350. The van der Waals surface area contributed by atoms with Crippen LogP contribution in [0.15, 0.2) is 28.7 Å². The van der Waals surface area contributed by atoms with Crippen LogP contribution in [0.2, 0.25) is 0 Å². The second kappa shape index (κ2) is 7.31. The molecule has 1 fully saturated rings. The number of carbonyl (C=O) groups is 3. The van der Waals surface area contributed by atoms with E-state index in [1.165, 1.54) is 14.0 Å². The number of ether oxygens (including phenoxy) is 1. The molecule has 0 spiro atoms. The first-order valence-electron chi connectivity index (χ1n) is 8.65. The molecule has 142 valence electrons. The summed E-state index contributed by atoms with van der Waals surface area (Å²) in [6.45, 7) is 3.08. The molecule has 1 heterocycles. The van der Waals surface area contributed by atoms with Crippen molar-refractivity contribution in [1.82, 2.24) is 10.3 Å². The zero-order valence-corrected chi connectivity index (χ0v) is 17.0. The van der Waals surface area contributed by atoms with E-state index in [1.54, 1.807) is 6.92 Å². The number of benzene rings is 1. The third-order valence-electron chi connectivity index (χ3n) is 4.93. The van der Waals surface area contributed by atoms with Crippen LogP contribution in [-0.4, -0.2) is 29.8 Å². The number of ketones is 1. The maximum absolute atomic E-state index is 12.7. The number of Topliss-reactive ketones (excluding diaryl/α,β-unsaturated/α-hetero) is 1. The third-order valence-corrected chi connectivity index (χ3v) is 5.46. The lowest BCUT2D eigenvalue weighted by Gasteiger charge is -2.18. The highest BCUT2D eigenvalue weighted by atomic mass is 79.9. The van der Waals surface area contributed by atoms with Gasteiger partial charge in [-0.2, -0.15) is 0 Å². The Labute approximate surface area is 165 Å². The molecule has 0 saturated heterocycles. The van der Waals surface area contributed by atoms with Crippen molar-refractivity contribution >= 4 is 33.6 Å². The van der Waals surface area contributed by atoms with E-state index in [-0.39, 0.29) is 29.2 Å². The first-order valence-corrected chi connectivity index (χ1v) is 9.44. The van der Waals surface area contributed by atoms with Gasteiger partial charge in [0.2, 0.25) is 5.91 Å². The summed E-state index contributed by atoms with van der Waals surface area (Å²) in [6.07, 6.45) is 1.70. The van der Waals surface area contributed by atoms with E-state index >= 15 is 0 Å². The van der Waals surface area contributed by atoms with Crippen molar-refractivity contribution in [2.24, 2.45) is 0 Å². The number of hydrogen-bond acceptors (Lipinski definition) is 4. The zero-order chi connectivity index (χ0) is 19.8. The Balaban J connectivity index is 1.82. The van der Waals surface area contributed by atoms with E-state index in [0.29, 0.717) is 17.0 Å². The van der Waals surface area contributed by atoms with E-state index in [2.05, 4.69) is 26.2 Å². The van der Waals surface area contributed by atoms with Gasteiger partial charge in [0.15, 0.2) is 5.78 Å². The number of hydrogen-bond donors (Lipinski definition) is 2. The molecular weight excluding hydrogens is 412 g/mol. The van der Waals surface area contributed by atoms with Crippen molar-refractivity contribution in [3.05, 3.63) is 56.8 Å². The predicted molar refractivity (Wildman–Crippen MR) is 104 cm³/mol. The number of carbonyl (C=O) groups excluding carboxylic acids is 3. The van der Waals surface area contributed by atoms with Gasteiger partial charge in [-0.1, -0.05) is 28.1 Å². The monoisotopic (exact) mass is 432 g/mol. The molecule has 1 aromatic carbocycles. The van der Waals surface area contributed by atoms with Gasteiger partial charge in [0.05, 0.1) is 30.3 Å². The summed E-state index contributed by atoms with van der Waals surface area (Å²) in [6, 6.07) is 7.88. The summed E-state index contributed by atoms with van der Waals surface area (Å²) >= 11 is 3.41. The Morgan fingerprint density at radius 1 is 1.22 bits per heavy atom. The maximum Gasteiger partial charge on any atom is 0.339 e. The molecule has 7 heteroatoms. The summed E-state index contributed by atoms with van der Waals surface area (Å²) in [5.74, 6) is -0.970. The molecule has 0 atom stereocenters. The maximum atomic E-state index is 12.7. The van der Waals surface area contributed by atoms with Gasteiger partial charge in [-0.3, -0.25) is 9.59 Å². The number of rotatable bonds is 6. The molecule has 2 aromatic rings. The lowest BCUT2D eigenvalue weighted by atomic mass is 10.0. The second-order valence-corrected chi connectivity index (χ2v) is 7.76. The smallest absolute Gasteiger partial charge is 0.339 e. The number of aromatic nitrogens is 1. The largest absolute Gasteiger partial charge is 0.465 e. The second-order valence-electron chi connectivity index (χ2n) is 6.84. The molecule has 0 aliphatic heterocycles. The summed E-state index contributed by atoms with van der Waals surface area (Å²) in [5, 5.41) is 3.08. The molecule has 3 rings (SSSR count). The number of nitrogens with one attached hydrogen (secondary N) is 2. The van der Waals surface area contributed by atoms with Gasteiger partial charge < -0.3 is 15.0 Å². The van der Waals surface area contributed by atoms with Crippen molar-refractivity contribution in [2.75, 3.05) is 7.11 Å². The summed E-state index contributed by atoms with van der Waals surface area (Å²) in [4.78, 5) is 39.5. The summed E-state index contributed by atoms with van der Waals surface area (Å²) < 4.78 is 5.80. The SMILES string of the molecule is COC(=O)c1c(CC(=O)NC2(c3ccc(Br)cc3)CC2)[nH]c(C(C)=O)c1C. The van der Waals surface area contributed by atoms with Crippen LogP contribution < -0.4 is 5.32 Å². The quantitative estimate of drug-likeness (QED) is 0.540. The van der Waals surface area contributed by atoms with Gasteiger partial charge in [-0.15, -0.1) is 0 Å². The first kappa shape index (κ1) is 19.4. The molecule has 0 radical (unpaired) electrons. The van der Waals surface area contributed by atoms with Crippen LogP contribution >= 0.6 is 15.9 Å². The van der Waals surface area contributed by atoms with Crippen LogP contribution in [0.1, 0.15) is 57.4 Å². The standard InChI is InChI=1S/C20H21BrN2O4/c1-11-17(19(26)27-3)15(22-18(11)12(2)24)10-16(25)23-20(8-9-20)13-4-6-14(21)7-5-13/h4-7,22H,8-10H2,1-3H3,(H,23,25). The first-order chi connectivity index (χ1) is 12.8. The van der Waals surface area contributed by atoms with Crippen molar-refractivity contribution < 1.29 is 19.1 Å². The Morgan fingerprint density at radius 3 is 2.37 bits per heavy atom. The molecule has 1 aromatic heterocycles. The number of aromatic amines is 1. The third kappa shape index (κ3) is 3.83. The highest BCUT2D eigenvalue weighted by Gasteiger charge is 2.45. The predicted octanol–water partition coefficient (Wildman–Crippen LogP) is 3.42. The Morgan fingerprint density at radius 2 is 1.85 bits per heavy atom. The number of halogens is 1. The van der Waals surface area contributed by atoms with Crippen molar-refractivity contribution in [2.45, 2.75) is 38.6 Å². The van der Waals surface area contributed by atoms with Crippen molar-refractivity contribution in [3.63, 3.8) is 0 Å². The highest BCUT2D eigenvalue weighted by Crippen LogP contribution is 2.45. The Hall–Kier alpha value is -2.41. The molecular formula is C20H21BrN2O4. The lowest BCUT2D eigenvalue weighted by Crippen LogP contribution is -2.36.